The van der Waals surface area contributed by atoms with E-state index in [4.69, 9.17) is 4.98 Å². The van der Waals surface area contributed by atoms with Crippen molar-refractivity contribution in [2.75, 3.05) is 0 Å². The van der Waals surface area contributed by atoms with Gasteiger partial charge in [-0.1, -0.05) is 109 Å². The Labute approximate surface area is 278 Å². The topological polar surface area (TPSA) is 50.2 Å². The SMILES string of the molecule is CC(C)(C)C(=O)/C=C(\O)C(C)(C)C.CC(C)c1ccc2nc(-c3[c-]ccc4ccccc34)c3c4ccccc4sc3c2c1.[Ir]. The van der Waals surface area contributed by atoms with E-state index in [1.807, 2.05) is 58.9 Å². The first-order chi connectivity index (χ1) is 20.3. The average Bonchev–Trinajstić information content (AvgIpc) is 3.35. The number of ketones is 1. The van der Waals surface area contributed by atoms with E-state index >= 15 is 0 Å². The first-order valence-electron chi connectivity index (χ1n) is 14.9. The number of rotatable bonds is 3. The van der Waals surface area contributed by atoms with Gasteiger partial charge in [0.1, 0.15) is 5.76 Å². The van der Waals surface area contributed by atoms with E-state index in [1.165, 1.54) is 48.0 Å². The van der Waals surface area contributed by atoms with Crippen LogP contribution >= 0.6 is 11.3 Å². The van der Waals surface area contributed by atoms with Crippen molar-refractivity contribution in [3.8, 4) is 11.3 Å². The largest absolute Gasteiger partial charge is 0.512 e. The Kier molecular flexibility index (Phi) is 9.85. The fourth-order valence-electron chi connectivity index (χ4n) is 4.94. The van der Waals surface area contributed by atoms with E-state index in [1.54, 1.807) is 0 Å². The molecule has 5 heteroatoms. The van der Waals surface area contributed by atoms with Crippen LogP contribution in [0.15, 0.2) is 90.7 Å². The summed E-state index contributed by atoms with van der Waals surface area (Å²) in [5.41, 5.74) is 3.75. The standard InChI is InChI=1S/C28H20NS.C11H20O2.Ir/c1-17(2)19-14-15-24-23(16-19)28-26(22-11-5-6-13-25(22)30-28)27(29-24)21-12-7-9-18-8-3-4-10-20(18)21;1-10(2,3)8(12)7-9(13)11(4,5)6;/h3-11,13-17H,1-2H3;7,12H,1-6H3;/q-1;;/b;8-7-;. The molecule has 229 valence electrons. The third-order valence-corrected chi connectivity index (χ3v) is 8.93. The quantitative estimate of drug-likeness (QED) is 0.111. The number of carbonyl (C=O) groups is 1. The van der Waals surface area contributed by atoms with E-state index in [0.29, 0.717) is 5.92 Å². The first-order valence-corrected chi connectivity index (χ1v) is 15.7. The zero-order valence-electron chi connectivity index (χ0n) is 26.7. The second-order valence-corrected chi connectivity index (χ2v) is 14.6. The molecule has 0 spiro atoms. The molecule has 0 unspecified atom stereocenters. The summed E-state index contributed by atoms with van der Waals surface area (Å²) in [5.74, 6) is 0.595. The Hall–Kier alpha value is -3.37. The second-order valence-electron chi connectivity index (χ2n) is 13.5. The predicted octanol–water partition coefficient (Wildman–Crippen LogP) is 11.4. The Bertz CT molecular complexity index is 2000. The van der Waals surface area contributed by atoms with Crippen LogP contribution in [-0.2, 0) is 24.9 Å². The van der Waals surface area contributed by atoms with Crippen LogP contribution in [0.4, 0.5) is 0 Å². The van der Waals surface area contributed by atoms with Crippen LogP contribution in [0.2, 0.25) is 0 Å². The van der Waals surface area contributed by atoms with Crippen molar-refractivity contribution in [2.45, 2.75) is 61.3 Å². The van der Waals surface area contributed by atoms with Crippen molar-refractivity contribution < 1.29 is 30.0 Å². The number of nitrogens with zero attached hydrogens (tertiary/aromatic N) is 1. The summed E-state index contributed by atoms with van der Waals surface area (Å²) in [7, 11) is 0. The third kappa shape index (κ3) is 6.81. The molecule has 0 aliphatic heterocycles. The van der Waals surface area contributed by atoms with Crippen molar-refractivity contribution in [2.24, 2.45) is 10.8 Å². The number of benzene rings is 4. The van der Waals surface area contributed by atoms with Gasteiger partial charge in [0.05, 0.1) is 5.52 Å². The van der Waals surface area contributed by atoms with Crippen molar-refractivity contribution >= 4 is 59.0 Å². The van der Waals surface area contributed by atoms with Crippen molar-refractivity contribution in [3.05, 3.63) is 102 Å². The minimum Gasteiger partial charge on any atom is -0.512 e. The number of thiophene rings is 1. The Balaban J connectivity index is 0.000000271. The summed E-state index contributed by atoms with van der Waals surface area (Å²) >= 11 is 1.87. The number of carbonyl (C=O) groups excluding carboxylic acids is 1. The minimum absolute atomic E-state index is 0. The molecule has 4 aromatic carbocycles. The summed E-state index contributed by atoms with van der Waals surface area (Å²) in [5, 5.41) is 15.7. The predicted molar refractivity (Wildman–Crippen MR) is 185 cm³/mol. The van der Waals surface area contributed by atoms with Crippen LogP contribution in [0.1, 0.15) is 66.9 Å². The zero-order valence-corrected chi connectivity index (χ0v) is 29.9. The molecule has 1 N–H and O–H groups in total. The molecule has 1 radical (unpaired) electrons. The molecule has 0 aliphatic carbocycles. The van der Waals surface area contributed by atoms with E-state index < -0.39 is 5.41 Å². The summed E-state index contributed by atoms with van der Waals surface area (Å²) in [4.78, 5) is 16.7. The molecule has 2 heterocycles. The molecule has 0 aliphatic rings. The van der Waals surface area contributed by atoms with E-state index in [9.17, 15) is 9.90 Å². The molecular weight excluding hydrogens is 739 g/mol. The van der Waals surface area contributed by atoms with Gasteiger partial charge in [0.25, 0.3) is 0 Å². The fourth-order valence-corrected chi connectivity index (χ4v) is 6.16. The van der Waals surface area contributed by atoms with E-state index in [0.717, 1.165) is 16.8 Å². The molecule has 0 saturated heterocycles. The molecule has 0 fully saturated rings. The van der Waals surface area contributed by atoms with Crippen LogP contribution in [0.25, 0.3) is 53.1 Å². The molecule has 0 atom stereocenters. The number of aliphatic hydroxyl groups excluding tert-OH is 1. The normalized spacial score (nSPS) is 12.4. The molecule has 44 heavy (non-hydrogen) atoms. The van der Waals surface area contributed by atoms with Gasteiger partial charge in [-0.2, -0.15) is 0 Å². The van der Waals surface area contributed by atoms with Crippen LogP contribution < -0.4 is 0 Å². The summed E-state index contributed by atoms with van der Waals surface area (Å²) in [6.07, 6.45) is 1.33. The Morgan fingerprint density at radius 3 is 2.18 bits per heavy atom. The third-order valence-electron chi connectivity index (χ3n) is 7.73. The minimum atomic E-state index is -0.417. The second kappa shape index (κ2) is 12.9. The van der Waals surface area contributed by atoms with Gasteiger partial charge in [0.2, 0.25) is 0 Å². The zero-order chi connectivity index (χ0) is 31.1. The molecule has 6 rings (SSSR count). The smallest absolute Gasteiger partial charge is 0.164 e. The Morgan fingerprint density at radius 1 is 0.864 bits per heavy atom. The number of aromatic nitrogens is 1. The summed E-state index contributed by atoms with van der Waals surface area (Å²) in [6, 6.07) is 31.6. The van der Waals surface area contributed by atoms with E-state index in [-0.39, 0.29) is 37.1 Å². The Morgan fingerprint density at radius 2 is 1.52 bits per heavy atom. The molecule has 0 saturated carbocycles. The first kappa shape index (κ1) is 33.5. The number of pyridine rings is 1. The number of hydrogen-bond donors (Lipinski definition) is 1. The van der Waals surface area contributed by atoms with Gasteiger partial charge in [-0.05, 0) is 46.1 Å². The number of fused-ring (bicyclic) bond motifs is 6. The molecule has 0 amide bonds. The van der Waals surface area contributed by atoms with Crippen molar-refractivity contribution in [3.63, 3.8) is 0 Å². The van der Waals surface area contributed by atoms with Crippen molar-refractivity contribution in [1.29, 1.82) is 0 Å². The van der Waals surface area contributed by atoms with Gasteiger partial charge >= 0.3 is 0 Å². The van der Waals surface area contributed by atoms with E-state index in [2.05, 4.69) is 92.7 Å². The van der Waals surface area contributed by atoms with Crippen LogP contribution in [0.5, 0.6) is 0 Å². The monoisotopic (exact) mass is 779 g/mol. The van der Waals surface area contributed by atoms with Crippen molar-refractivity contribution in [1.82, 2.24) is 4.98 Å². The molecule has 2 aromatic heterocycles. The van der Waals surface area contributed by atoms with Gasteiger partial charge < -0.3 is 5.11 Å². The van der Waals surface area contributed by atoms with Gasteiger partial charge in [0.15, 0.2) is 5.78 Å². The summed E-state index contributed by atoms with van der Waals surface area (Å²) < 4.78 is 2.62. The van der Waals surface area contributed by atoms with Crippen LogP contribution in [0.3, 0.4) is 0 Å². The number of allylic oxidation sites excluding steroid dienone is 2. The van der Waals surface area contributed by atoms with Crippen LogP contribution in [-0.4, -0.2) is 15.9 Å². The summed E-state index contributed by atoms with van der Waals surface area (Å²) in [6.45, 7) is 15.6. The molecule has 6 aromatic rings. The molecular formula is C39H40IrNO2S-. The van der Waals surface area contributed by atoms with Crippen LogP contribution in [0, 0.1) is 16.9 Å². The molecule has 3 nitrogen and oxygen atoms in total. The fraction of sp³-hybridized carbons (Fsp3) is 0.282. The maximum Gasteiger partial charge on any atom is 0.164 e. The van der Waals surface area contributed by atoms with Gasteiger partial charge in [-0.25, -0.2) is 0 Å². The number of hydrogen-bond acceptors (Lipinski definition) is 4. The van der Waals surface area contributed by atoms with Gasteiger partial charge in [0, 0.05) is 51.8 Å². The molecule has 0 bridgehead atoms. The van der Waals surface area contributed by atoms with Gasteiger partial charge in [-0.15, -0.1) is 40.5 Å². The van der Waals surface area contributed by atoms with Gasteiger partial charge in [-0.3, -0.25) is 9.78 Å². The maximum absolute atomic E-state index is 11.5. The average molecular weight is 779 g/mol. The maximum atomic E-state index is 11.5. The number of aliphatic hydroxyl groups is 1.